The lowest BCUT2D eigenvalue weighted by Crippen LogP contribution is -2.44. The van der Waals surface area contributed by atoms with E-state index in [0.29, 0.717) is 24.6 Å². The summed E-state index contributed by atoms with van der Waals surface area (Å²) in [6.07, 6.45) is 0.670. The smallest absolute Gasteiger partial charge is 0.261 e. The molecule has 3 atom stereocenters. The van der Waals surface area contributed by atoms with Crippen molar-refractivity contribution >= 4 is 17.2 Å². The van der Waals surface area contributed by atoms with Crippen LogP contribution < -0.4 is 10.6 Å². The van der Waals surface area contributed by atoms with Gasteiger partial charge in [0.05, 0.1) is 29.3 Å². The van der Waals surface area contributed by atoms with Gasteiger partial charge >= 0.3 is 0 Å². The van der Waals surface area contributed by atoms with Crippen molar-refractivity contribution in [3.8, 4) is 0 Å². The van der Waals surface area contributed by atoms with Crippen LogP contribution in [0.1, 0.15) is 15.4 Å². The van der Waals surface area contributed by atoms with Crippen LogP contribution in [0.25, 0.3) is 0 Å². The number of pyridine rings is 1. The maximum atomic E-state index is 11.9. The minimum atomic E-state index is -0.664. The Bertz CT molecular complexity index is 621. The average molecular weight is 333 g/mol. The number of nitrogens with zero attached hydrogens (tertiary/aromatic N) is 1. The molecule has 3 heterocycles. The van der Waals surface area contributed by atoms with Gasteiger partial charge in [0.2, 0.25) is 0 Å². The van der Waals surface area contributed by atoms with Gasteiger partial charge in [-0.25, -0.2) is 0 Å². The maximum absolute atomic E-state index is 11.9. The Balaban J connectivity index is 1.45. The zero-order valence-electron chi connectivity index (χ0n) is 12.5. The molecule has 0 radical (unpaired) electrons. The number of amides is 1. The highest BCUT2D eigenvalue weighted by Gasteiger charge is 2.35. The predicted octanol–water partition coefficient (Wildman–Crippen LogP) is 0.791. The normalized spacial score (nSPS) is 23.8. The molecule has 2 aromatic rings. The molecule has 122 valence electrons. The van der Waals surface area contributed by atoms with Crippen LogP contribution in [0, 0.1) is 0 Å². The second-order valence-electron chi connectivity index (χ2n) is 5.36. The molecule has 3 rings (SSSR count). The van der Waals surface area contributed by atoms with Gasteiger partial charge in [-0.1, -0.05) is 12.1 Å². The van der Waals surface area contributed by atoms with E-state index in [1.165, 1.54) is 11.3 Å². The molecule has 2 aromatic heterocycles. The summed E-state index contributed by atoms with van der Waals surface area (Å²) in [5.74, 6) is -0.138. The van der Waals surface area contributed by atoms with E-state index in [2.05, 4.69) is 15.6 Å². The molecule has 1 amide bonds. The van der Waals surface area contributed by atoms with Crippen molar-refractivity contribution in [3.63, 3.8) is 0 Å². The Hall–Kier alpha value is -1.80. The highest BCUT2D eigenvalue weighted by molar-refractivity contribution is 7.12. The summed E-state index contributed by atoms with van der Waals surface area (Å²) >= 11 is 1.39. The molecule has 1 aliphatic heterocycles. The van der Waals surface area contributed by atoms with Crippen LogP contribution in [0.3, 0.4) is 0 Å². The Kier molecular flexibility index (Phi) is 5.35. The van der Waals surface area contributed by atoms with E-state index in [1.807, 2.05) is 29.6 Å². The number of rotatable bonds is 6. The molecule has 23 heavy (non-hydrogen) atoms. The lowest BCUT2D eigenvalue weighted by atomic mass is 10.1. The highest BCUT2D eigenvalue weighted by Crippen LogP contribution is 2.15. The van der Waals surface area contributed by atoms with Crippen LogP contribution in [-0.2, 0) is 11.3 Å². The number of aliphatic hydroxyl groups excluding tert-OH is 1. The second kappa shape index (κ2) is 7.65. The third-order valence-electron chi connectivity index (χ3n) is 3.76. The van der Waals surface area contributed by atoms with Gasteiger partial charge in [0.15, 0.2) is 0 Å². The maximum Gasteiger partial charge on any atom is 0.261 e. The standard InChI is InChI=1S/C16H19N3O3S/c20-15-12(18-8-11-4-1-2-6-17-11)10-22-13(15)9-19-16(21)14-5-3-7-23-14/h1-7,12-13,15,18,20H,8-10H2,(H,19,21). The predicted molar refractivity (Wildman–Crippen MR) is 87.3 cm³/mol. The Labute approximate surface area is 138 Å². The van der Waals surface area contributed by atoms with Crippen LogP contribution >= 0.6 is 11.3 Å². The number of thiophene rings is 1. The molecule has 1 aliphatic rings. The van der Waals surface area contributed by atoms with Crippen LogP contribution in [-0.4, -0.2) is 47.4 Å². The molecule has 7 heteroatoms. The topological polar surface area (TPSA) is 83.5 Å². The van der Waals surface area contributed by atoms with E-state index in [-0.39, 0.29) is 11.9 Å². The fraction of sp³-hybridized carbons (Fsp3) is 0.375. The van der Waals surface area contributed by atoms with Crippen molar-refractivity contribution in [2.24, 2.45) is 0 Å². The van der Waals surface area contributed by atoms with Crippen LogP contribution in [0.4, 0.5) is 0 Å². The summed E-state index contributed by atoms with van der Waals surface area (Å²) < 4.78 is 5.59. The number of carbonyl (C=O) groups excluding carboxylic acids is 1. The quantitative estimate of drug-likeness (QED) is 0.728. The number of carbonyl (C=O) groups is 1. The van der Waals surface area contributed by atoms with Crippen LogP contribution in [0.15, 0.2) is 41.9 Å². The third-order valence-corrected chi connectivity index (χ3v) is 4.63. The molecule has 0 aliphatic carbocycles. The van der Waals surface area contributed by atoms with Crippen molar-refractivity contribution in [1.82, 2.24) is 15.6 Å². The first-order chi connectivity index (χ1) is 11.2. The summed E-state index contributed by atoms with van der Waals surface area (Å²) in [5.41, 5.74) is 0.911. The van der Waals surface area contributed by atoms with Crippen molar-refractivity contribution in [2.45, 2.75) is 24.8 Å². The van der Waals surface area contributed by atoms with Gasteiger partial charge in [-0.05, 0) is 23.6 Å². The largest absolute Gasteiger partial charge is 0.389 e. The van der Waals surface area contributed by atoms with Crippen molar-refractivity contribution < 1.29 is 14.6 Å². The van der Waals surface area contributed by atoms with Gasteiger partial charge in [-0.3, -0.25) is 9.78 Å². The number of aliphatic hydroxyl groups is 1. The molecular weight excluding hydrogens is 314 g/mol. The van der Waals surface area contributed by atoms with Crippen LogP contribution in [0.2, 0.25) is 0 Å². The monoisotopic (exact) mass is 333 g/mol. The first kappa shape index (κ1) is 16.1. The van der Waals surface area contributed by atoms with E-state index in [9.17, 15) is 9.90 Å². The average Bonchev–Trinajstić information content (AvgIpc) is 3.22. The molecule has 3 N–H and O–H groups in total. The van der Waals surface area contributed by atoms with Crippen molar-refractivity contribution in [3.05, 3.63) is 52.5 Å². The van der Waals surface area contributed by atoms with E-state index in [1.54, 1.807) is 12.3 Å². The zero-order valence-corrected chi connectivity index (χ0v) is 13.3. The van der Waals surface area contributed by atoms with Gasteiger partial charge < -0.3 is 20.5 Å². The van der Waals surface area contributed by atoms with Crippen molar-refractivity contribution in [2.75, 3.05) is 13.2 Å². The zero-order chi connectivity index (χ0) is 16.1. The molecule has 6 nitrogen and oxygen atoms in total. The number of ether oxygens (including phenoxy) is 1. The second-order valence-corrected chi connectivity index (χ2v) is 6.31. The summed E-state index contributed by atoms with van der Waals surface area (Å²) in [4.78, 5) is 16.8. The first-order valence-electron chi connectivity index (χ1n) is 7.48. The fourth-order valence-corrected chi connectivity index (χ4v) is 3.11. The molecule has 1 saturated heterocycles. The van der Waals surface area contributed by atoms with Gasteiger partial charge in [-0.2, -0.15) is 0 Å². The van der Waals surface area contributed by atoms with E-state index >= 15 is 0 Å². The van der Waals surface area contributed by atoms with Crippen LogP contribution in [0.5, 0.6) is 0 Å². The van der Waals surface area contributed by atoms with Gasteiger partial charge in [0.25, 0.3) is 5.91 Å². The van der Waals surface area contributed by atoms with Gasteiger partial charge in [0, 0.05) is 19.3 Å². The molecule has 0 aromatic carbocycles. The molecule has 1 fully saturated rings. The van der Waals surface area contributed by atoms with E-state index in [0.717, 1.165) is 5.69 Å². The van der Waals surface area contributed by atoms with E-state index < -0.39 is 12.2 Å². The number of aromatic nitrogens is 1. The fourth-order valence-electron chi connectivity index (χ4n) is 2.47. The summed E-state index contributed by atoms with van der Waals surface area (Å²) in [5, 5.41) is 18.2. The third kappa shape index (κ3) is 4.14. The molecule has 0 bridgehead atoms. The summed E-state index contributed by atoms with van der Waals surface area (Å²) in [6.45, 7) is 1.27. The summed E-state index contributed by atoms with van der Waals surface area (Å²) in [6, 6.07) is 9.15. The number of nitrogens with one attached hydrogen (secondary N) is 2. The Morgan fingerprint density at radius 1 is 1.39 bits per heavy atom. The lowest BCUT2D eigenvalue weighted by Gasteiger charge is -2.18. The van der Waals surface area contributed by atoms with E-state index in [4.69, 9.17) is 4.74 Å². The Morgan fingerprint density at radius 2 is 2.30 bits per heavy atom. The minimum absolute atomic E-state index is 0.138. The molecule has 3 unspecified atom stereocenters. The molecule has 0 spiro atoms. The Morgan fingerprint density at radius 3 is 3.04 bits per heavy atom. The number of hydrogen-bond donors (Lipinski definition) is 3. The lowest BCUT2D eigenvalue weighted by molar-refractivity contribution is 0.0399. The molecular formula is C16H19N3O3S. The minimum Gasteiger partial charge on any atom is -0.389 e. The first-order valence-corrected chi connectivity index (χ1v) is 8.36. The number of hydrogen-bond acceptors (Lipinski definition) is 6. The molecule has 0 saturated carbocycles. The van der Waals surface area contributed by atoms with Gasteiger partial charge in [0.1, 0.15) is 6.10 Å². The SMILES string of the molecule is O=C(NCC1OCC(NCc2ccccn2)C1O)c1cccs1. The van der Waals surface area contributed by atoms with Gasteiger partial charge in [-0.15, -0.1) is 11.3 Å². The summed E-state index contributed by atoms with van der Waals surface area (Å²) in [7, 11) is 0. The van der Waals surface area contributed by atoms with Crippen molar-refractivity contribution in [1.29, 1.82) is 0 Å². The highest BCUT2D eigenvalue weighted by atomic mass is 32.1.